The average molecular weight is 620 g/mol. The number of fused-ring (bicyclic) bond motifs is 1. The van der Waals surface area contributed by atoms with Gasteiger partial charge >= 0.3 is 0 Å². The lowest BCUT2D eigenvalue weighted by Gasteiger charge is -2.18. The number of imidazole rings is 1. The van der Waals surface area contributed by atoms with Gasteiger partial charge in [-0.15, -0.1) is 0 Å². The quantitative estimate of drug-likeness (QED) is 0.213. The summed E-state index contributed by atoms with van der Waals surface area (Å²) >= 11 is 19.2. The van der Waals surface area contributed by atoms with E-state index in [4.69, 9.17) is 44.5 Å². The van der Waals surface area contributed by atoms with E-state index in [1.807, 2.05) is 39.3 Å². The summed E-state index contributed by atoms with van der Waals surface area (Å²) in [6, 6.07) is 10.9. The number of nitrogens with zero attached hydrogens (tertiary/aromatic N) is 2. The number of carbonyl (C=O) groups is 2. The Labute approximate surface area is 252 Å². The molecular weight excluding hydrogens is 590 g/mol. The third-order valence-corrected chi connectivity index (χ3v) is 7.63. The maximum Gasteiger partial charge on any atom is 0.259 e. The van der Waals surface area contributed by atoms with Gasteiger partial charge in [0.05, 0.1) is 33.2 Å². The van der Waals surface area contributed by atoms with Crippen LogP contribution >= 0.6 is 34.8 Å². The number of anilines is 1. The highest BCUT2D eigenvalue weighted by Crippen LogP contribution is 2.33. The van der Waals surface area contributed by atoms with Crippen LogP contribution in [-0.2, 0) is 24.8 Å². The van der Waals surface area contributed by atoms with Crippen molar-refractivity contribution in [1.29, 1.82) is 0 Å². The molecule has 4 rings (SSSR count). The molecule has 0 saturated carbocycles. The maximum atomic E-state index is 13.6. The molecule has 41 heavy (non-hydrogen) atoms. The third-order valence-electron chi connectivity index (χ3n) is 6.52. The summed E-state index contributed by atoms with van der Waals surface area (Å²) in [5.41, 5.74) is 2.79. The topological polar surface area (TPSA) is 85.2 Å². The maximum absolute atomic E-state index is 13.6. The van der Waals surface area contributed by atoms with Crippen molar-refractivity contribution in [3.05, 3.63) is 85.9 Å². The Hall–Kier alpha value is -3.33. The zero-order valence-electron chi connectivity index (χ0n) is 23.3. The molecule has 1 heterocycles. The molecule has 0 aliphatic rings. The van der Waals surface area contributed by atoms with E-state index >= 15 is 0 Å². The van der Waals surface area contributed by atoms with E-state index in [0.29, 0.717) is 51.4 Å². The highest BCUT2D eigenvalue weighted by atomic mass is 35.5. The number of hydrogen-bond acceptors (Lipinski definition) is 4. The zero-order valence-corrected chi connectivity index (χ0v) is 25.6. The van der Waals surface area contributed by atoms with E-state index < -0.39 is 17.1 Å². The number of aryl methyl sites for hydroxylation is 1. The molecule has 216 valence electrons. The van der Waals surface area contributed by atoms with E-state index in [1.165, 1.54) is 18.2 Å². The molecule has 0 bridgehead atoms. The largest absolute Gasteiger partial charge is 0.493 e. The number of nitrogens with one attached hydrogen (secondary N) is 2. The zero-order chi connectivity index (χ0) is 30.1. The van der Waals surface area contributed by atoms with E-state index in [1.54, 1.807) is 24.3 Å². The summed E-state index contributed by atoms with van der Waals surface area (Å²) in [7, 11) is 1.86. The van der Waals surface area contributed by atoms with Gasteiger partial charge in [-0.2, -0.15) is 0 Å². The Morgan fingerprint density at radius 2 is 1.78 bits per heavy atom. The van der Waals surface area contributed by atoms with Crippen molar-refractivity contribution >= 4 is 63.3 Å². The lowest BCUT2D eigenvalue weighted by Crippen LogP contribution is -2.34. The first kappa shape index (κ1) is 30.6. The van der Waals surface area contributed by atoms with Gasteiger partial charge in [0.25, 0.3) is 5.91 Å². The predicted molar refractivity (Wildman–Crippen MR) is 162 cm³/mol. The minimum Gasteiger partial charge on any atom is -0.493 e. The minimum atomic E-state index is -0.581. The van der Waals surface area contributed by atoms with Gasteiger partial charge in [0.2, 0.25) is 5.91 Å². The van der Waals surface area contributed by atoms with Gasteiger partial charge in [-0.1, -0.05) is 61.6 Å². The number of carbonyl (C=O) groups excluding carboxylic acids is 2. The number of rotatable bonds is 8. The number of benzene rings is 3. The van der Waals surface area contributed by atoms with Crippen LogP contribution in [0, 0.1) is 11.2 Å². The van der Waals surface area contributed by atoms with Gasteiger partial charge in [-0.3, -0.25) is 9.59 Å². The Morgan fingerprint density at radius 1 is 1.05 bits per heavy atom. The SMILES string of the molecule is CCOc1cc2c(cc1C(=O)Nc1ccc(F)c(Cl)c1)nc(Cc1c(Cl)ccc(CNC(=O)C(C)(C)C)c1Cl)n2C. The smallest absolute Gasteiger partial charge is 0.259 e. The van der Waals surface area contributed by atoms with E-state index in [2.05, 4.69) is 10.6 Å². The third kappa shape index (κ3) is 6.77. The molecule has 0 aliphatic heterocycles. The van der Waals surface area contributed by atoms with Crippen LogP contribution in [0.15, 0.2) is 42.5 Å². The summed E-state index contributed by atoms with van der Waals surface area (Å²) in [5.74, 6) is -0.102. The van der Waals surface area contributed by atoms with Crippen LogP contribution in [-0.4, -0.2) is 28.0 Å². The van der Waals surface area contributed by atoms with Crippen molar-refractivity contribution < 1.29 is 18.7 Å². The molecule has 4 aromatic rings. The van der Waals surface area contributed by atoms with Crippen LogP contribution in [0.2, 0.25) is 15.1 Å². The second kappa shape index (κ2) is 12.3. The Bertz CT molecular complexity index is 1650. The van der Waals surface area contributed by atoms with Crippen molar-refractivity contribution in [2.45, 2.75) is 40.7 Å². The number of aromatic nitrogens is 2. The molecule has 0 saturated heterocycles. The van der Waals surface area contributed by atoms with Crippen LogP contribution < -0.4 is 15.4 Å². The van der Waals surface area contributed by atoms with Crippen molar-refractivity contribution in [3.8, 4) is 5.75 Å². The highest BCUT2D eigenvalue weighted by molar-refractivity contribution is 6.36. The number of amides is 2. The fourth-order valence-corrected chi connectivity index (χ4v) is 4.95. The first-order chi connectivity index (χ1) is 19.3. The van der Waals surface area contributed by atoms with E-state index in [-0.39, 0.29) is 23.0 Å². The molecule has 11 heteroatoms. The summed E-state index contributed by atoms with van der Waals surface area (Å²) in [6.07, 6.45) is 0.309. The van der Waals surface area contributed by atoms with Gasteiger partial charge in [0, 0.05) is 42.2 Å². The number of ether oxygens (including phenoxy) is 1. The predicted octanol–water partition coefficient (Wildman–Crippen LogP) is 7.58. The van der Waals surface area contributed by atoms with Crippen molar-refractivity contribution in [2.24, 2.45) is 12.5 Å². The fourth-order valence-electron chi connectivity index (χ4n) is 4.20. The normalized spacial score (nSPS) is 11.5. The fraction of sp³-hybridized carbons (Fsp3) is 0.300. The van der Waals surface area contributed by atoms with Gasteiger partial charge in [0.15, 0.2) is 0 Å². The van der Waals surface area contributed by atoms with Crippen molar-refractivity contribution in [1.82, 2.24) is 14.9 Å². The standard InChI is InChI=1S/C30H30Cl3FN4O3/c1-6-41-25-14-24-23(12-19(25)28(39)36-17-8-10-22(34)21(32)11-17)37-26(38(24)5)13-18-20(31)9-7-16(27(18)33)15-35-29(40)30(2,3)4/h7-12,14H,6,13,15H2,1-5H3,(H,35,40)(H,36,39). The van der Waals surface area contributed by atoms with Gasteiger partial charge in [-0.25, -0.2) is 9.37 Å². The highest BCUT2D eigenvalue weighted by Gasteiger charge is 2.23. The molecule has 0 aliphatic carbocycles. The molecule has 0 radical (unpaired) electrons. The molecule has 1 aromatic heterocycles. The summed E-state index contributed by atoms with van der Waals surface area (Å²) < 4.78 is 21.2. The summed E-state index contributed by atoms with van der Waals surface area (Å²) in [4.78, 5) is 30.3. The molecule has 0 atom stereocenters. The van der Waals surface area contributed by atoms with Crippen LogP contribution in [0.25, 0.3) is 11.0 Å². The van der Waals surface area contributed by atoms with E-state index in [0.717, 1.165) is 11.1 Å². The lowest BCUT2D eigenvalue weighted by atomic mass is 9.95. The molecule has 0 spiro atoms. The Kier molecular flexibility index (Phi) is 9.16. The summed E-state index contributed by atoms with van der Waals surface area (Å²) in [5, 5.41) is 6.47. The Morgan fingerprint density at radius 3 is 2.44 bits per heavy atom. The van der Waals surface area contributed by atoms with Gasteiger partial charge < -0.3 is 19.9 Å². The lowest BCUT2D eigenvalue weighted by molar-refractivity contribution is -0.128. The van der Waals surface area contributed by atoms with Crippen molar-refractivity contribution in [3.63, 3.8) is 0 Å². The molecular formula is C30H30Cl3FN4O3. The second-order valence-corrected chi connectivity index (χ2v) is 11.7. The second-order valence-electron chi connectivity index (χ2n) is 10.5. The van der Waals surface area contributed by atoms with Crippen LogP contribution in [0.5, 0.6) is 5.75 Å². The van der Waals surface area contributed by atoms with Gasteiger partial charge in [0.1, 0.15) is 17.4 Å². The van der Waals surface area contributed by atoms with Crippen molar-refractivity contribution in [2.75, 3.05) is 11.9 Å². The van der Waals surface area contributed by atoms with Crippen LogP contribution in [0.3, 0.4) is 0 Å². The first-order valence-corrected chi connectivity index (χ1v) is 14.1. The molecule has 2 N–H and O–H groups in total. The molecule has 3 aromatic carbocycles. The Balaban J connectivity index is 1.66. The first-order valence-electron chi connectivity index (χ1n) is 12.9. The average Bonchev–Trinajstić information content (AvgIpc) is 3.21. The molecule has 0 fully saturated rings. The van der Waals surface area contributed by atoms with Crippen LogP contribution in [0.1, 0.15) is 55.0 Å². The summed E-state index contributed by atoms with van der Waals surface area (Å²) in [6.45, 7) is 7.94. The minimum absolute atomic E-state index is 0.0899. The number of hydrogen-bond donors (Lipinski definition) is 2. The van der Waals surface area contributed by atoms with Crippen LogP contribution in [0.4, 0.5) is 10.1 Å². The van der Waals surface area contributed by atoms with Gasteiger partial charge in [-0.05, 0) is 48.4 Å². The van der Waals surface area contributed by atoms with E-state index in [9.17, 15) is 14.0 Å². The molecule has 0 unspecified atom stereocenters. The number of halogens is 4. The molecule has 7 nitrogen and oxygen atoms in total. The molecule has 2 amide bonds. The monoisotopic (exact) mass is 618 g/mol.